The van der Waals surface area contributed by atoms with Crippen molar-refractivity contribution >= 4 is 11.8 Å². The summed E-state index contributed by atoms with van der Waals surface area (Å²) < 4.78 is 32.6. The fourth-order valence-corrected chi connectivity index (χ4v) is 1.07. The maximum Gasteiger partial charge on any atom is 0.376 e. The van der Waals surface area contributed by atoms with Crippen molar-refractivity contribution in [1.29, 1.82) is 0 Å². The summed E-state index contributed by atoms with van der Waals surface area (Å²) in [4.78, 5) is 18.7. The minimum Gasteiger partial charge on any atom is -0.463 e. The molecule has 0 aromatic carbocycles. The molecule has 0 atom stereocenters. The summed E-state index contributed by atoms with van der Waals surface area (Å²) in [5.74, 6) is -0.324. The highest BCUT2D eigenvalue weighted by Crippen LogP contribution is 2.02. The Morgan fingerprint density at radius 2 is 2.33 bits per heavy atom. The number of carbonyl (C=O) groups is 1. The SMILES string of the molecule is COC(=O)c1nccc(NCCOCC(F)F)n1. The molecule has 0 bridgehead atoms. The number of carbonyl (C=O) groups excluding carboxylic acids is 1. The molecular formula is C10H13F2N3O3. The van der Waals surface area contributed by atoms with E-state index in [1.54, 1.807) is 6.07 Å². The van der Waals surface area contributed by atoms with Gasteiger partial charge in [-0.3, -0.25) is 0 Å². The van der Waals surface area contributed by atoms with E-state index in [0.717, 1.165) is 0 Å². The number of hydrogen-bond acceptors (Lipinski definition) is 6. The third-order valence-electron chi connectivity index (χ3n) is 1.82. The van der Waals surface area contributed by atoms with Crippen molar-refractivity contribution in [3.05, 3.63) is 18.1 Å². The Balaban J connectivity index is 2.36. The number of rotatable bonds is 7. The first kappa shape index (κ1) is 14.2. The summed E-state index contributed by atoms with van der Waals surface area (Å²) in [6.45, 7) is -0.189. The maximum absolute atomic E-state index is 11.7. The quantitative estimate of drug-likeness (QED) is 0.582. The van der Waals surface area contributed by atoms with Crippen molar-refractivity contribution < 1.29 is 23.0 Å². The summed E-state index contributed by atoms with van der Waals surface area (Å²) in [7, 11) is 1.23. The zero-order valence-electron chi connectivity index (χ0n) is 9.73. The molecule has 0 amide bonds. The molecule has 0 aliphatic heterocycles. The molecule has 0 aliphatic rings. The van der Waals surface area contributed by atoms with Gasteiger partial charge in [-0.15, -0.1) is 0 Å². The molecular weight excluding hydrogens is 248 g/mol. The van der Waals surface area contributed by atoms with Gasteiger partial charge in [0.1, 0.15) is 12.4 Å². The Hall–Kier alpha value is -1.83. The van der Waals surface area contributed by atoms with E-state index in [1.807, 2.05) is 0 Å². The molecule has 0 aliphatic carbocycles. The normalized spacial score (nSPS) is 10.4. The van der Waals surface area contributed by atoms with Crippen LogP contribution in [0.4, 0.5) is 14.6 Å². The third kappa shape index (κ3) is 5.00. The van der Waals surface area contributed by atoms with Crippen molar-refractivity contribution in [2.45, 2.75) is 6.43 Å². The van der Waals surface area contributed by atoms with Crippen LogP contribution in [-0.2, 0) is 9.47 Å². The number of anilines is 1. The first-order valence-electron chi connectivity index (χ1n) is 5.14. The van der Waals surface area contributed by atoms with Crippen molar-refractivity contribution in [3.63, 3.8) is 0 Å². The van der Waals surface area contributed by atoms with Gasteiger partial charge in [-0.2, -0.15) is 0 Å². The van der Waals surface area contributed by atoms with E-state index in [-0.39, 0.29) is 12.4 Å². The molecule has 1 aromatic heterocycles. The molecule has 0 saturated carbocycles. The van der Waals surface area contributed by atoms with Crippen molar-refractivity contribution in [3.8, 4) is 0 Å². The van der Waals surface area contributed by atoms with E-state index in [1.165, 1.54) is 13.3 Å². The minimum atomic E-state index is -2.48. The van der Waals surface area contributed by atoms with Gasteiger partial charge in [-0.1, -0.05) is 0 Å². The summed E-state index contributed by atoms with van der Waals surface area (Å²) in [5, 5.41) is 2.81. The van der Waals surface area contributed by atoms with Crippen LogP contribution in [-0.4, -0.2) is 49.2 Å². The first-order valence-corrected chi connectivity index (χ1v) is 5.14. The Bertz CT molecular complexity index is 390. The number of methoxy groups -OCH3 is 1. The highest BCUT2D eigenvalue weighted by Gasteiger charge is 2.09. The van der Waals surface area contributed by atoms with Crippen LogP contribution in [0.5, 0.6) is 0 Å². The van der Waals surface area contributed by atoms with E-state index < -0.39 is 19.0 Å². The average molecular weight is 261 g/mol. The van der Waals surface area contributed by atoms with E-state index >= 15 is 0 Å². The van der Waals surface area contributed by atoms with Crippen LogP contribution < -0.4 is 5.32 Å². The zero-order chi connectivity index (χ0) is 13.4. The highest BCUT2D eigenvalue weighted by atomic mass is 19.3. The van der Waals surface area contributed by atoms with Crippen molar-refractivity contribution in [2.75, 3.05) is 32.2 Å². The van der Waals surface area contributed by atoms with Gasteiger partial charge in [-0.05, 0) is 6.07 Å². The molecule has 0 saturated heterocycles. The van der Waals surface area contributed by atoms with E-state index in [4.69, 9.17) is 0 Å². The van der Waals surface area contributed by atoms with E-state index in [9.17, 15) is 13.6 Å². The second kappa shape index (κ2) is 7.49. The monoisotopic (exact) mass is 261 g/mol. The molecule has 1 N–H and O–H groups in total. The largest absolute Gasteiger partial charge is 0.463 e. The predicted octanol–water partition coefficient (Wildman–Crippen LogP) is 0.957. The van der Waals surface area contributed by atoms with Crippen LogP contribution in [0.2, 0.25) is 0 Å². The zero-order valence-corrected chi connectivity index (χ0v) is 9.73. The lowest BCUT2D eigenvalue weighted by Gasteiger charge is -2.06. The van der Waals surface area contributed by atoms with E-state index in [2.05, 4.69) is 24.8 Å². The molecule has 1 aromatic rings. The second-order valence-corrected chi connectivity index (χ2v) is 3.15. The van der Waals surface area contributed by atoms with Gasteiger partial charge >= 0.3 is 5.97 Å². The fraction of sp³-hybridized carbons (Fsp3) is 0.500. The van der Waals surface area contributed by atoms with Crippen LogP contribution >= 0.6 is 0 Å². The minimum absolute atomic E-state index is 0.0731. The lowest BCUT2D eigenvalue weighted by atomic mass is 10.5. The Kier molecular flexibility index (Phi) is 5.92. The lowest BCUT2D eigenvalue weighted by Crippen LogP contribution is -2.15. The number of alkyl halides is 2. The Labute approximate surface area is 102 Å². The maximum atomic E-state index is 11.7. The molecule has 0 spiro atoms. The van der Waals surface area contributed by atoms with Gasteiger partial charge in [0.15, 0.2) is 0 Å². The van der Waals surface area contributed by atoms with Crippen LogP contribution in [0.15, 0.2) is 12.3 Å². The van der Waals surface area contributed by atoms with Crippen LogP contribution in [0.3, 0.4) is 0 Å². The molecule has 1 rings (SSSR count). The summed E-state index contributed by atoms with van der Waals surface area (Å²) >= 11 is 0. The van der Waals surface area contributed by atoms with Gasteiger partial charge in [0.2, 0.25) is 5.82 Å². The predicted molar refractivity (Wildman–Crippen MR) is 58.7 cm³/mol. The molecule has 0 fully saturated rings. The summed E-state index contributed by atoms with van der Waals surface area (Å²) in [6, 6.07) is 1.54. The third-order valence-corrected chi connectivity index (χ3v) is 1.82. The molecule has 100 valence electrons. The fourth-order valence-electron chi connectivity index (χ4n) is 1.07. The number of aromatic nitrogens is 2. The first-order chi connectivity index (χ1) is 8.63. The topological polar surface area (TPSA) is 73.3 Å². The molecule has 1 heterocycles. The molecule has 0 radical (unpaired) electrons. The van der Waals surface area contributed by atoms with Gasteiger partial charge in [0.05, 0.1) is 13.7 Å². The average Bonchev–Trinajstić information content (AvgIpc) is 2.37. The molecule has 6 nitrogen and oxygen atoms in total. The Morgan fingerprint density at radius 1 is 1.56 bits per heavy atom. The number of halogens is 2. The van der Waals surface area contributed by atoms with Crippen molar-refractivity contribution in [2.24, 2.45) is 0 Å². The van der Waals surface area contributed by atoms with Gasteiger partial charge < -0.3 is 14.8 Å². The number of nitrogens with one attached hydrogen (secondary N) is 1. The standard InChI is InChI=1S/C10H13F2N3O3/c1-17-10(16)9-14-3-2-8(15-9)13-4-5-18-6-7(11)12/h2-3,7H,4-6H2,1H3,(H,13,14,15). The van der Waals surface area contributed by atoms with Gasteiger partial charge in [0.25, 0.3) is 6.43 Å². The van der Waals surface area contributed by atoms with Crippen LogP contribution in [0, 0.1) is 0 Å². The van der Waals surface area contributed by atoms with Crippen LogP contribution in [0.25, 0.3) is 0 Å². The summed E-state index contributed by atoms with van der Waals surface area (Å²) in [5.41, 5.74) is 0. The molecule has 0 unspecified atom stereocenters. The summed E-state index contributed by atoms with van der Waals surface area (Å²) in [6.07, 6.45) is -1.09. The number of hydrogen-bond donors (Lipinski definition) is 1. The van der Waals surface area contributed by atoms with Gasteiger partial charge in [-0.25, -0.2) is 23.5 Å². The molecule has 18 heavy (non-hydrogen) atoms. The number of ether oxygens (including phenoxy) is 2. The van der Waals surface area contributed by atoms with Crippen LogP contribution in [0.1, 0.15) is 10.6 Å². The smallest absolute Gasteiger partial charge is 0.376 e. The number of esters is 1. The number of nitrogens with zero attached hydrogens (tertiary/aromatic N) is 2. The highest BCUT2D eigenvalue weighted by molar-refractivity contribution is 5.85. The van der Waals surface area contributed by atoms with Gasteiger partial charge in [0, 0.05) is 12.7 Å². The molecule has 8 heteroatoms. The Morgan fingerprint density at radius 3 is 3.00 bits per heavy atom. The second-order valence-electron chi connectivity index (χ2n) is 3.15. The lowest BCUT2D eigenvalue weighted by molar-refractivity contribution is 0.0214. The van der Waals surface area contributed by atoms with E-state index in [0.29, 0.717) is 12.4 Å². The van der Waals surface area contributed by atoms with Crippen molar-refractivity contribution in [1.82, 2.24) is 9.97 Å².